The van der Waals surface area contributed by atoms with Gasteiger partial charge in [0.15, 0.2) is 5.71 Å². The maximum atomic E-state index is 10.8. The van der Waals surface area contributed by atoms with Gasteiger partial charge in [-0.15, -0.1) is 0 Å². The van der Waals surface area contributed by atoms with Crippen LogP contribution in [0.25, 0.3) is 0 Å². The molecule has 0 N–H and O–H groups in total. The lowest BCUT2D eigenvalue weighted by Gasteiger charge is -2.02. The number of amides is 1. The maximum Gasteiger partial charge on any atom is 0.358 e. The number of hydrogen-bond donors (Lipinski definition) is 0. The Morgan fingerprint density at radius 3 is 2.83 bits per heavy atom. The average Bonchev–Trinajstić information content (AvgIpc) is 2.08. The van der Waals surface area contributed by atoms with E-state index in [1.54, 1.807) is 0 Å². The minimum absolute atomic E-state index is 0.0119. The second-order valence-corrected chi connectivity index (χ2v) is 2.00. The van der Waals surface area contributed by atoms with E-state index >= 15 is 0 Å². The van der Waals surface area contributed by atoms with Crippen molar-refractivity contribution in [3.63, 3.8) is 0 Å². The summed E-state index contributed by atoms with van der Waals surface area (Å²) in [7, 11) is 1.22. The van der Waals surface area contributed by atoms with Gasteiger partial charge in [-0.05, 0) is 0 Å². The number of aliphatic imine (C=N–C) groups is 2. The fourth-order valence-corrected chi connectivity index (χ4v) is 0.619. The van der Waals surface area contributed by atoms with E-state index in [1.807, 2.05) is 0 Å². The quantitative estimate of drug-likeness (QED) is 0.397. The van der Waals surface area contributed by atoms with Gasteiger partial charge in [0.05, 0.1) is 13.3 Å². The lowest BCUT2D eigenvalue weighted by Crippen LogP contribution is -2.21. The standard InChI is InChI=1S/C7H6N2O3/c1-4-6(10)8-3-5(9-4)7(11)12-2/h3H,1H2,2H3. The molecule has 0 spiro atoms. The van der Waals surface area contributed by atoms with Gasteiger partial charge in [-0.1, -0.05) is 6.58 Å². The third-order valence-corrected chi connectivity index (χ3v) is 1.20. The van der Waals surface area contributed by atoms with E-state index in [2.05, 4.69) is 21.3 Å². The monoisotopic (exact) mass is 166 g/mol. The summed E-state index contributed by atoms with van der Waals surface area (Å²) in [5.74, 6) is -1.17. The number of hydrogen-bond acceptors (Lipinski definition) is 4. The van der Waals surface area contributed by atoms with E-state index < -0.39 is 11.9 Å². The Balaban J connectivity index is 2.90. The smallest absolute Gasteiger partial charge is 0.358 e. The molecule has 0 unspecified atom stereocenters. The van der Waals surface area contributed by atoms with Crippen molar-refractivity contribution in [1.29, 1.82) is 0 Å². The van der Waals surface area contributed by atoms with Crippen LogP contribution >= 0.6 is 0 Å². The predicted octanol–water partition coefficient (Wildman–Crippen LogP) is -0.275. The van der Waals surface area contributed by atoms with Crippen LogP contribution in [0, 0.1) is 0 Å². The van der Waals surface area contributed by atoms with Gasteiger partial charge < -0.3 is 4.74 Å². The molecule has 0 radical (unpaired) electrons. The molecule has 5 nitrogen and oxygen atoms in total. The largest absolute Gasteiger partial charge is 0.464 e. The Labute approximate surface area is 68.5 Å². The number of esters is 1. The highest BCUT2D eigenvalue weighted by atomic mass is 16.5. The molecule has 0 aromatic heterocycles. The first kappa shape index (κ1) is 8.32. The summed E-state index contributed by atoms with van der Waals surface area (Å²) in [6.45, 7) is 3.30. The van der Waals surface area contributed by atoms with Crippen molar-refractivity contribution in [2.24, 2.45) is 9.98 Å². The summed E-state index contributed by atoms with van der Waals surface area (Å²) in [6, 6.07) is 0. The van der Waals surface area contributed by atoms with Crippen LogP contribution < -0.4 is 0 Å². The second kappa shape index (κ2) is 3.08. The van der Waals surface area contributed by atoms with Crippen LogP contribution in [-0.2, 0) is 14.3 Å². The Morgan fingerprint density at radius 1 is 1.67 bits per heavy atom. The van der Waals surface area contributed by atoms with Gasteiger partial charge in [0.2, 0.25) is 0 Å². The van der Waals surface area contributed by atoms with Crippen LogP contribution in [0.2, 0.25) is 0 Å². The van der Waals surface area contributed by atoms with Gasteiger partial charge in [0.1, 0.15) is 5.70 Å². The van der Waals surface area contributed by atoms with Gasteiger partial charge in [-0.25, -0.2) is 14.8 Å². The Kier molecular flexibility index (Phi) is 2.14. The fraction of sp³-hybridized carbons (Fsp3) is 0.143. The fourth-order valence-electron chi connectivity index (χ4n) is 0.619. The van der Waals surface area contributed by atoms with E-state index in [1.165, 1.54) is 7.11 Å². The molecule has 0 aromatic rings. The van der Waals surface area contributed by atoms with E-state index in [0.29, 0.717) is 0 Å². The van der Waals surface area contributed by atoms with Crippen molar-refractivity contribution in [3.05, 3.63) is 12.3 Å². The van der Waals surface area contributed by atoms with Crippen LogP contribution in [0.15, 0.2) is 22.3 Å². The van der Waals surface area contributed by atoms with E-state index in [0.717, 1.165) is 6.21 Å². The molecule has 0 atom stereocenters. The van der Waals surface area contributed by atoms with Gasteiger partial charge in [0.25, 0.3) is 5.91 Å². The number of nitrogens with zero attached hydrogens (tertiary/aromatic N) is 2. The molecule has 0 aliphatic carbocycles. The molecular formula is C7H6N2O3. The second-order valence-electron chi connectivity index (χ2n) is 2.00. The van der Waals surface area contributed by atoms with Gasteiger partial charge in [-0.2, -0.15) is 0 Å². The predicted molar refractivity (Wildman–Crippen MR) is 42.1 cm³/mol. The zero-order valence-electron chi connectivity index (χ0n) is 6.40. The number of carbonyl (C=O) groups is 2. The van der Waals surface area contributed by atoms with Gasteiger partial charge >= 0.3 is 5.97 Å². The Hall–Kier alpha value is -1.78. The molecule has 12 heavy (non-hydrogen) atoms. The van der Waals surface area contributed by atoms with Crippen molar-refractivity contribution < 1.29 is 14.3 Å². The van der Waals surface area contributed by atoms with Crippen molar-refractivity contribution in [2.45, 2.75) is 0 Å². The molecule has 1 aliphatic rings. The van der Waals surface area contributed by atoms with E-state index in [4.69, 9.17) is 0 Å². The van der Waals surface area contributed by atoms with Crippen LogP contribution in [0.4, 0.5) is 0 Å². The highest BCUT2D eigenvalue weighted by molar-refractivity contribution is 6.61. The van der Waals surface area contributed by atoms with Crippen LogP contribution in [0.1, 0.15) is 0 Å². The number of carbonyl (C=O) groups excluding carboxylic acids is 2. The van der Waals surface area contributed by atoms with Crippen LogP contribution in [-0.4, -0.2) is 30.9 Å². The maximum absolute atomic E-state index is 10.8. The average molecular weight is 166 g/mol. The third kappa shape index (κ3) is 1.45. The molecule has 62 valence electrons. The Bertz CT molecular complexity index is 315. The molecule has 1 heterocycles. The van der Waals surface area contributed by atoms with E-state index in [-0.39, 0.29) is 11.4 Å². The van der Waals surface area contributed by atoms with Crippen LogP contribution in [0.5, 0.6) is 0 Å². The summed E-state index contributed by atoms with van der Waals surface area (Å²) in [4.78, 5) is 28.5. The molecule has 1 amide bonds. The summed E-state index contributed by atoms with van der Waals surface area (Å²) in [6.07, 6.45) is 1.06. The molecule has 1 aliphatic heterocycles. The zero-order chi connectivity index (χ0) is 9.14. The third-order valence-electron chi connectivity index (χ3n) is 1.20. The Morgan fingerprint density at radius 2 is 2.33 bits per heavy atom. The molecule has 0 saturated carbocycles. The molecule has 0 saturated heterocycles. The summed E-state index contributed by atoms with van der Waals surface area (Å²) >= 11 is 0. The first-order valence-corrected chi connectivity index (χ1v) is 3.09. The molecule has 1 rings (SSSR count). The minimum atomic E-state index is -0.632. The molecule has 0 fully saturated rings. The number of ether oxygens (including phenoxy) is 1. The van der Waals surface area contributed by atoms with Crippen LogP contribution in [0.3, 0.4) is 0 Å². The number of rotatable bonds is 1. The van der Waals surface area contributed by atoms with E-state index in [9.17, 15) is 9.59 Å². The lowest BCUT2D eigenvalue weighted by molar-refractivity contribution is -0.132. The van der Waals surface area contributed by atoms with Gasteiger partial charge in [0, 0.05) is 0 Å². The SMILES string of the molecule is C=C1N=C(C(=O)OC)C=NC1=O. The minimum Gasteiger partial charge on any atom is -0.464 e. The highest BCUT2D eigenvalue weighted by Crippen LogP contribution is 2.02. The molecule has 0 aromatic carbocycles. The number of methoxy groups -OCH3 is 1. The first-order valence-electron chi connectivity index (χ1n) is 3.09. The summed E-state index contributed by atoms with van der Waals surface area (Å²) < 4.78 is 4.36. The molecule has 0 bridgehead atoms. The molecule has 5 heteroatoms. The zero-order valence-corrected chi connectivity index (χ0v) is 6.40. The van der Waals surface area contributed by atoms with Gasteiger partial charge in [-0.3, -0.25) is 4.79 Å². The molecular weight excluding hydrogens is 160 g/mol. The van der Waals surface area contributed by atoms with Crippen molar-refractivity contribution >= 4 is 23.8 Å². The van der Waals surface area contributed by atoms with Crippen molar-refractivity contribution in [3.8, 4) is 0 Å². The summed E-state index contributed by atoms with van der Waals surface area (Å²) in [5, 5.41) is 0. The van der Waals surface area contributed by atoms with Crippen molar-refractivity contribution in [1.82, 2.24) is 0 Å². The topological polar surface area (TPSA) is 68.1 Å². The summed E-state index contributed by atoms with van der Waals surface area (Å²) in [5.41, 5.74) is -0.0694. The first-order chi connectivity index (χ1) is 5.65. The normalized spacial score (nSPS) is 15.9. The lowest BCUT2D eigenvalue weighted by atomic mass is 10.3. The highest BCUT2D eigenvalue weighted by Gasteiger charge is 2.16. The van der Waals surface area contributed by atoms with Crippen molar-refractivity contribution in [2.75, 3.05) is 7.11 Å².